The summed E-state index contributed by atoms with van der Waals surface area (Å²) < 4.78 is 1.79. The highest BCUT2D eigenvalue weighted by molar-refractivity contribution is 5.92. The number of carbonyl (C=O) groups excluding carboxylic acids is 2. The van der Waals surface area contributed by atoms with Gasteiger partial charge in [-0.3, -0.25) is 9.59 Å². The minimum Gasteiger partial charge on any atom is -0.366 e. The second-order valence-electron chi connectivity index (χ2n) is 5.97. The Morgan fingerprint density at radius 1 is 1.04 bits per heavy atom. The van der Waals surface area contributed by atoms with Crippen LogP contribution in [-0.2, 0) is 17.8 Å². The van der Waals surface area contributed by atoms with Crippen molar-refractivity contribution in [2.24, 2.45) is 5.73 Å². The van der Waals surface area contributed by atoms with Gasteiger partial charge in [0.25, 0.3) is 0 Å². The van der Waals surface area contributed by atoms with E-state index in [9.17, 15) is 9.59 Å². The van der Waals surface area contributed by atoms with Crippen LogP contribution in [-0.4, -0.2) is 21.6 Å². The zero-order valence-corrected chi connectivity index (χ0v) is 14.3. The molecule has 3 N–H and O–H groups in total. The van der Waals surface area contributed by atoms with Crippen LogP contribution in [0.5, 0.6) is 0 Å². The maximum atomic E-state index is 12.1. The van der Waals surface area contributed by atoms with Gasteiger partial charge >= 0.3 is 0 Å². The number of nitrogens with two attached hydrogens (primary N) is 1. The van der Waals surface area contributed by atoms with E-state index in [2.05, 4.69) is 10.4 Å². The van der Waals surface area contributed by atoms with Crippen molar-refractivity contribution in [1.29, 1.82) is 0 Å². The molecule has 0 atom stereocenters. The van der Waals surface area contributed by atoms with E-state index in [1.165, 1.54) is 0 Å². The molecular weight excluding hydrogens is 328 g/mol. The normalized spacial score (nSPS) is 10.5. The summed E-state index contributed by atoms with van der Waals surface area (Å²) in [5.74, 6) is -0.532. The number of amides is 2. The van der Waals surface area contributed by atoms with Gasteiger partial charge in [-0.2, -0.15) is 5.10 Å². The number of primary amides is 1. The quantitative estimate of drug-likeness (QED) is 0.686. The van der Waals surface area contributed by atoms with Gasteiger partial charge in [-0.15, -0.1) is 0 Å². The molecule has 2 amide bonds. The summed E-state index contributed by atoms with van der Waals surface area (Å²) in [6.07, 6.45) is 4.69. The highest BCUT2D eigenvalue weighted by Gasteiger charge is 2.06. The van der Waals surface area contributed by atoms with Crippen LogP contribution in [0.15, 0.2) is 67.0 Å². The molecule has 0 spiro atoms. The molecule has 0 saturated carbocycles. The van der Waals surface area contributed by atoms with Crippen molar-refractivity contribution in [3.63, 3.8) is 0 Å². The molecule has 6 nitrogen and oxygen atoms in total. The molecule has 0 aliphatic rings. The third kappa shape index (κ3) is 4.57. The second kappa shape index (κ2) is 8.11. The first kappa shape index (κ1) is 17.4. The number of hydrogen-bond acceptors (Lipinski definition) is 3. The SMILES string of the molecule is NC(=O)c1cccc(CNC(=O)CCc2cnn(-c3ccccc3)c2)c1. The fourth-order valence-electron chi connectivity index (χ4n) is 2.59. The minimum absolute atomic E-state index is 0.0538. The lowest BCUT2D eigenvalue weighted by molar-refractivity contribution is -0.121. The van der Waals surface area contributed by atoms with Crippen LogP contribution in [0.3, 0.4) is 0 Å². The smallest absolute Gasteiger partial charge is 0.248 e. The van der Waals surface area contributed by atoms with Crippen molar-refractivity contribution in [2.45, 2.75) is 19.4 Å². The third-order valence-corrected chi connectivity index (χ3v) is 4.00. The van der Waals surface area contributed by atoms with Gasteiger partial charge in [-0.25, -0.2) is 4.68 Å². The predicted molar refractivity (Wildman–Crippen MR) is 98.7 cm³/mol. The summed E-state index contributed by atoms with van der Waals surface area (Å²) >= 11 is 0. The van der Waals surface area contributed by atoms with Crippen molar-refractivity contribution in [3.8, 4) is 5.69 Å². The Labute approximate surface area is 151 Å². The summed E-state index contributed by atoms with van der Waals surface area (Å²) in [4.78, 5) is 23.2. The standard InChI is InChI=1S/C20H20N4O2/c21-20(26)17-6-4-5-15(11-17)12-22-19(25)10-9-16-13-23-24(14-16)18-7-2-1-3-8-18/h1-8,11,13-14H,9-10,12H2,(H2,21,26)(H,22,25). The minimum atomic E-state index is -0.478. The van der Waals surface area contributed by atoms with Gasteiger partial charge in [-0.1, -0.05) is 30.3 Å². The van der Waals surface area contributed by atoms with Gasteiger partial charge in [0.15, 0.2) is 0 Å². The lowest BCUT2D eigenvalue weighted by Crippen LogP contribution is -2.23. The molecule has 132 valence electrons. The van der Waals surface area contributed by atoms with Gasteiger partial charge in [0.1, 0.15) is 0 Å². The Morgan fingerprint density at radius 3 is 2.62 bits per heavy atom. The van der Waals surface area contributed by atoms with Crippen molar-refractivity contribution >= 4 is 11.8 Å². The van der Waals surface area contributed by atoms with E-state index in [0.717, 1.165) is 16.8 Å². The van der Waals surface area contributed by atoms with Crippen LogP contribution < -0.4 is 11.1 Å². The predicted octanol–water partition coefficient (Wildman–Crippen LogP) is 2.22. The molecule has 26 heavy (non-hydrogen) atoms. The first-order valence-corrected chi connectivity index (χ1v) is 8.36. The number of nitrogens with zero attached hydrogens (tertiary/aromatic N) is 2. The van der Waals surface area contributed by atoms with Crippen molar-refractivity contribution in [2.75, 3.05) is 0 Å². The van der Waals surface area contributed by atoms with Crippen molar-refractivity contribution < 1.29 is 9.59 Å². The summed E-state index contributed by atoms with van der Waals surface area (Å²) in [5, 5.41) is 7.18. The molecule has 0 saturated heterocycles. The zero-order chi connectivity index (χ0) is 18.4. The molecular formula is C20H20N4O2. The number of carbonyl (C=O) groups is 2. The van der Waals surface area contributed by atoms with Crippen molar-refractivity contribution in [3.05, 3.63) is 83.7 Å². The summed E-state index contributed by atoms with van der Waals surface area (Å²) in [7, 11) is 0. The molecule has 0 bridgehead atoms. The first-order valence-electron chi connectivity index (χ1n) is 8.36. The molecule has 0 unspecified atom stereocenters. The number of aryl methyl sites for hydroxylation is 1. The molecule has 0 fully saturated rings. The Morgan fingerprint density at radius 2 is 1.85 bits per heavy atom. The lowest BCUT2D eigenvalue weighted by Gasteiger charge is -2.06. The van der Waals surface area contributed by atoms with E-state index in [1.807, 2.05) is 42.6 Å². The number of aromatic nitrogens is 2. The Bertz CT molecular complexity index is 903. The molecule has 1 aromatic heterocycles. The third-order valence-electron chi connectivity index (χ3n) is 4.00. The van der Waals surface area contributed by atoms with Crippen LogP contribution in [0.4, 0.5) is 0 Å². The molecule has 3 rings (SSSR count). The van der Waals surface area contributed by atoms with E-state index in [0.29, 0.717) is 24.9 Å². The van der Waals surface area contributed by atoms with Gasteiger partial charge in [0, 0.05) is 24.7 Å². The van der Waals surface area contributed by atoms with E-state index in [1.54, 1.807) is 29.1 Å². The monoisotopic (exact) mass is 348 g/mol. The summed E-state index contributed by atoms with van der Waals surface area (Å²) in [5.41, 5.74) is 8.52. The molecule has 2 aromatic carbocycles. The Hall–Kier alpha value is -3.41. The van der Waals surface area contributed by atoms with Crippen LogP contribution in [0.2, 0.25) is 0 Å². The largest absolute Gasteiger partial charge is 0.366 e. The zero-order valence-electron chi connectivity index (χ0n) is 14.3. The molecule has 3 aromatic rings. The fourth-order valence-corrected chi connectivity index (χ4v) is 2.59. The topological polar surface area (TPSA) is 90.0 Å². The number of benzene rings is 2. The van der Waals surface area contributed by atoms with Crippen molar-refractivity contribution in [1.82, 2.24) is 15.1 Å². The maximum Gasteiger partial charge on any atom is 0.248 e. The van der Waals surface area contributed by atoms with Gasteiger partial charge in [-0.05, 0) is 41.8 Å². The first-order chi connectivity index (χ1) is 12.6. The number of para-hydroxylation sites is 1. The Kier molecular flexibility index (Phi) is 5.43. The lowest BCUT2D eigenvalue weighted by atomic mass is 10.1. The second-order valence-corrected chi connectivity index (χ2v) is 5.97. The summed E-state index contributed by atoms with van der Waals surface area (Å²) in [6, 6.07) is 16.8. The fraction of sp³-hybridized carbons (Fsp3) is 0.150. The maximum absolute atomic E-state index is 12.1. The molecule has 0 aliphatic heterocycles. The van der Waals surface area contributed by atoms with E-state index in [-0.39, 0.29) is 5.91 Å². The van der Waals surface area contributed by atoms with Crippen LogP contribution in [0, 0.1) is 0 Å². The highest BCUT2D eigenvalue weighted by Crippen LogP contribution is 2.09. The summed E-state index contributed by atoms with van der Waals surface area (Å²) in [6.45, 7) is 0.364. The van der Waals surface area contributed by atoms with Crippen LogP contribution >= 0.6 is 0 Å². The molecule has 0 aliphatic carbocycles. The molecule has 1 heterocycles. The van der Waals surface area contributed by atoms with E-state index in [4.69, 9.17) is 5.73 Å². The number of hydrogen-bond donors (Lipinski definition) is 2. The van der Waals surface area contributed by atoms with Gasteiger partial charge in [0.2, 0.25) is 11.8 Å². The van der Waals surface area contributed by atoms with Crippen LogP contribution in [0.1, 0.15) is 27.9 Å². The molecule has 0 radical (unpaired) electrons. The average Bonchev–Trinajstić information content (AvgIpc) is 3.15. The number of nitrogens with one attached hydrogen (secondary N) is 1. The highest BCUT2D eigenvalue weighted by atomic mass is 16.1. The molecule has 6 heteroatoms. The Balaban J connectivity index is 1.49. The van der Waals surface area contributed by atoms with Gasteiger partial charge in [0.05, 0.1) is 11.9 Å². The van der Waals surface area contributed by atoms with Crippen LogP contribution in [0.25, 0.3) is 5.69 Å². The van der Waals surface area contributed by atoms with E-state index >= 15 is 0 Å². The van der Waals surface area contributed by atoms with Gasteiger partial charge < -0.3 is 11.1 Å². The average molecular weight is 348 g/mol. The number of rotatable bonds is 7. The van der Waals surface area contributed by atoms with E-state index < -0.39 is 5.91 Å².